The first-order valence-electron chi connectivity index (χ1n) is 9.76. The quantitative estimate of drug-likeness (QED) is 0.454. The monoisotopic (exact) mass is 415 g/mol. The fraction of sp³-hybridized carbons (Fsp3) is 0.120. The highest BCUT2D eigenvalue weighted by Crippen LogP contribution is 2.30. The van der Waals surface area contributed by atoms with Gasteiger partial charge in [-0.25, -0.2) is 0 Å². The summed E-state index contributed by atoms with van der Waals surface area (Å²) in [5.41, 5.74) is 2.79. The molecule has 0 atom stereocenters. The van der Waals surface area contributed by atoms with Gasteiger partial charge in [0.1, 0.15) is 12.4 Å². The predicted molar refractivity (Wildman–Crippen MR) is 118 cm³/mol. The molecule has 0 aliphatic carbocycles. The molecule has 4 rings (SSSR count). The van der Waals surface area contributed by atoms with Gasteiger partial charge in [-0.15, -0.1) is 0 Å². The average Bonchev–Trinajstić information content (AvgIpc) is 2.81. The van der Waals surface area contributed by atoms with Crippen molar-refractivity contribution in [2.24, 2.45) is 0 Å². The third-order valence-corrected chi connectivity index (χ3v) is 4.75. The van der Waals surface area contributed by atoms with Crippen molar-refractivity contribution in [2.75, 3.05) is 19.0 Å². The highest BCUT2D eigenvalue weighted by molar-refractivity contribution is 6.08. The molecule has 156 valence electrons. The van der Waals surface area contributed by atoms with E-state index in [-0.39, 0.29) is 18.3 Å². The Bertz CT molecular complexity index is 1140. The number of hydrogen-bond acceptors (Lipinski definition) is 5. The zero-order valence-electron chi connectivity index (χ0n) is 17.0. The zero-order valence-corrected chi connectivity index (χ0v) is 17.0. The molecule has 6 heteroatoms. The van der Waals surface area contributed by atoms with Gasteiger partial charge in [0.25, 0.3) is 5.91 Å². The van der Waals surface area contributed by atoms with Crippen molar-refractivity contribution in [1.82, 2.24) is 0 Å². The first-order chi connectivity index (χ1) is 15.1. The van der Waals surface area contributed by atoms with Gasteiger partial charge in [-0.1, -0.05) is 42.5 Å². The van der Waals surface area contributed by atoms with Crippen molar-refractivity contribution in [1.29, 1.82) is 0 Å². The molecule has 6 nitrogen and oxygen atoms in total. The maximum Gasteiger partial charge on any atom is 0.262 e. The second kappa shape index (κ2) is 9.17. The van der Waals surface area contributed by atoms with Gasteiger partial charge in [-0.2, -0.15) is 0 Å². The molecule has 31 heavy (non-hydrogen) atoms. The van der Waals surface area contributed by atoms with Crippen LogP contribution in [-0.4, -0.2) is 25.4 Å². The molecule has 0 saturated carbocycles. The molecule has 1 amide bonds. The third-order valence-electron chi connectivity index (χ3n) is 4.75. The summed E-state index contributed by atoms with van der Waals surface area (Å²) in [7, 11) is 1.59. The van der Waals surface area contributed by atoms with Gasteiger partial charge in [0.15, 0.2) is 23.9 Å². The summed E-state index contributed by atoms with van der Waals surface area (Å²) in [6, 6.07) is 20.3. The van der Waals surface area contributed by atoms with E-state index in [4.69, 9.17) is 14.2 Å². The van der Waals surface area contributed by atoms with Crippen LogP contribution in [0.1, 0.15) is 21.5 Å². The number of amides is 1. The number of benzene rings is 3. The SMILES string of the molecule is COc1ccc(C=CC(=O)c2ccc3c(c2)NC(=O)CO3)cc1OCc1ccccc1. The number of ketones is 1. The number of anilines is 1. The summed E-state index contributed by atoms with van der Waals surface area (Å²) < 4.78 is 16.6. The summed E-state index contributed by atoms with van der Waals surface area (Å²) in [5, 5.41) is 2.71. The molecule has 0 aromatic heterocycles. The maximum atomic E-state index is 12.6. The van der Waals surface area contributed by atoms with E-state index in [0.29, 0.717) is 35.1 Å². The number of carbonyl (C=O) groups excluding carboxylic acids is 2. The number of hydrogen-bond donors (Lipinski definition) is 1. The van der Waals surface area contributed by atoms with Gasteiger partial charge in [-0.3, -0.25) is 9.59 Å². The minimum atomic E-state index is -0.242. The van der Waals surface area contributed by atoms with E-state index in [1.807, 2.05) is 42.5 Å². The summed E-state index contributed by atoms with van der Waals surface area (Å²) in [4.78, 5) is 24.1. The van der Waals surface area contributed by atoms with Gasteiger partial charge < -0.3 is 19.5 Å². The van der Waals surface area contributed by atoms with Gasteiger partial charge in [0.2, 0.25) is 0 Å². The van der Waals surface area contributed by atoms with E-state index in [9.17, 15) is 9.59 Å². The van der Waals surface area contributed by atoms with Crippen molar-refractivity contribution in [2.45, 2.75) is 6.61 Å². The van der Waals surface area contributed by atoms with E-state index in [0.717, 1.165) is 11.1 Å². The minimum absolute atomic E-state index is 0.0215. The summed E-state index contributed by atoms with van der Waals surface area (Å²) in [6.07, 6.45) is 3.20. The molecule has 3 aromatic rings. The molecule has 0 fully saturated rings. The van der Waals surface area contributed by atoms with Gasteiger partial charge in [0.05, 0.1) is 12.8 Å². The molecular weight excluding hydrogens is 394 g/mol. The molecule has 0 saturated heterocycles. The molecule has 1 N–H and O–H groups in total. The largest absolute Gasteiger partial charge is 0.493 e. The Morgan fingerprint density at radius 3 is 2.71 bits per heavy atom. The molecule has 1 aliphatic heterocycles. The Kier molecular flexibility index (Phi) is 5.98. The van der Waals surface area contributed by atoms with Crippen molar-refractivity contribution in [3.8, 4) is 17.2 Å². The standard InChI is InChI=1S/C25H21NO5/c1-29-23-11-8-17(13-24(23)30-15-18-5-3-2-4-6-18)7-10-21(27)19-9-12-22-20(14-19)26-25(28)16-31-22/h2-14H,15-16H2,1H3,(H,26,28). The number of ether oxygens (including phenoxy) is 3. The predicted octanol–water partition coefficient (Wildman–Crippen LogP) is 4.50. The number of fused-ring (bicyclic) bond motifs is 1. The van der Waals surface area contributed by atoms with Crippen molar-refractivity contribution in [3.05, 3.63) is 89.5 Å². The van der Waals surface area contributed by atoms with Gasteiger partial charge >= 0.3 is 0 Å². The molecule has 0 unspecified atom stereocenters. The first-order valence-corrected chi connectivity index (χ1v) is 9.76. The van der Waals surface area contributed by atoms with Crippen LogP contribution >= 0.6 is 0 Å². The summed E-state index contributed by atoms with van der Waals surface area (Å²) >= 11 is 0. The van der Waals surface area contributed by atoms with E-state index in [1.54, 1.807) is 37.5 Å². The Balaban J connectivity index is 1.48. The van der Waals surface area contributed by atoms with Crippen LogP contribution in [-0.2, 0) is 11.4 Å². The van der Waals surface area contributed by atoms with Crippen LogP contribution in [0.15, 0.2) is 72.8 Å². The number of methoxy groups -OCH3 is 1. The Labute approximate surface area is 180 Å². The summed E-state index contributed by atoms with van der Waals surface area (Å²) in [5.74, 6) is 1.33. The van der Waals surface area contributed by atoms with E-state index < -0.39 is 0 Å². The maximum absolute atomic E-state index is 12.6. The molecule has 0 radical (unpaired) electrons. The second-order valence-corrected chi connectivity index (χ2v) is 6.93. The number of allylic oxidation sites excluding steroid dienone is 1. The number of rotatable bonds is 7. The van der Waals surface area contributed by atoms with Crippen LogP contribution in [0.25, 0.3) is 6.08 Å². The van der Waals surface area contributed by atoms with E-state index in [1.165, 1.54) is 6.08 Å². The fourth-order valence-corrected chi connectivity index (χ4v) is 3.15. The van der Waals surface area contributed by atoms with Crippen LogP contribution in [0.2, 0.25) is 0 Å². The van der Waals surface area contributed by atoms with Crippen molar-refractivity contribution >= 4 is 23.5 Å². The highest BCUT2D eigenvalue weighted by atomic mass is 16.5. The average molecular weight is 415 g/mol. The minimum Gasteiger partial charge on any atom is -0.493 e. The van der Waals surface area contributed by atoms with E-state index in [2.05, 4.69) is 5.32 Å². The lowest BCUT2D eigenvalue weighted by atomic mass is 10.1. The van der Waals surface area contributed by atoms with Crippen LogP contribution in [0.4, 0.5) is 5.69 Å². The van der Waals surface area contributed by atoms with Gasteiger partial charge in [0, 0.05) is 5.56 Å². The Morgan fingerprint density at radius 2 is 1.90 bits per heavy atom. The van der Waals surface area contributed by atoms with Crippen LogP contribution in [0.3, 0.4) is 0 Å². The molecule has 0 spiro atoms. The van der Waals surface area contributed by atoms with Crippen molar-refractivity contribution in [3.63, 3.8) is 0 Å². The topological polar surface area (TPSA) is 73.9 Å². The Hall–Kier alpha value is -4.06. The lowest BCUT2D eigenvalue weighted by Gasteiger charge is -2.17. The molecule has 1 aliphatic rings. The fourth-order valence-electron chi connectivity index (χ4n) is 3.15. The van der Waals surface area contributed by atoms with Crippen LogP contribution in [0, 0.1) is 0 Å². The number of nitrogens with one attached hydrogen (secondary N) is 1. The zero-order chi connectivity index (χ0) is 21.6. The third kappa shape index (κ3) is 4.93. The second-order valence-electron chi connectivity index (χ2n) is 6.93. The van der Waals surface area contributed by atoms with Crippen LogP contribution in [0.5, 0.6) is 17.2 Å². The first kappa shape index (κ1) is 20.2. The van der Waals surface area contributed by atoms with E-state index >= 15 is 0 Å². The normalized spacial score (nSPS) is 12.6. The molecule has 1 heterocycles. The molecule has 3 aromatic carbocycles. The number of carbonyl (C=O) groups is 2. The lowest BCUT2D eigenvalue weighted by molar-refractivity contribution is -0.118. The van der Waals surface area contributed by atoms with Crippen LogP contribution < -0.4 is 19.5 Å². The molecular formula is C25H21NO5. The summed E-state index contributed by atoms with van der Waals surface area (Å²) in [6.45, 7) is 0.387. The highest BCUT2D eigenvalue weighted by Gasteiger charge is 2.17. The Morgan fingerprint density at radius 1 is 1.06 bits per heavy atom. The smallest absolute Gasteiger partial charge is 0.262 e. The van der Waals surface area contributed by atoms with Crippen molar-refractivity contribution < 1.29 is 23.8 Å². The lowest BCUT2D eigenvalue weighted by Crippen LogP contribution is -2.25. The molecule has 0 bridgehead atoms. The van der Waals surface area contributed by atoms with Gasteiger partial charge in [-0.05, 0) is 47.5 Å².